The fourth-order valence-corrected chi connectivity index (χ4v) is 0. The molecule has 0 aliphatic rings. The summed E-state index contributed by atoms with van der Waals surface area (Å²) in [5.74, 6) is 0. The van der Waals surface area contributed by atoms with Gasteiger partial charge in [-0.15, -0.1) is 0 Å². The van der Waals surface area contributed by atoms with Crippen LogP contribution in [0.4, 0.5) is 0 Å². The Bertz CT molecular complexity index is 138. The largest absolute Gasteiger partial charge is 2.00 e. The minimum atomic E-state index is -5.38. The predicted octanol–water partition coefficient (Wildman–Crippen LogP) is -3.55. The fourth-order valence-electron chi connectivity index (χ4n) is 0. The molecule has 9 heteroatoms. The Hall–Kier alpha value is 1.24. The van der Waals surface area contributed by atoms with Gasteiger partial charge in [0, 0.05) is 0 Å². The molecule has 0 amide bonds. The molecule has 0 unspecified atom stereocenters. The van der Waals surface area contributed by atoms with Gasteiger partial charge >= 0.3 is 74.1 Å². The molecule has 0 fully saturated rings. The zero-order chi connectivity index (χ0) is 4.50. The first kappa shape index (κ1) is 31.8. The van der Waals surface area contributed by atoms with Crippen LogP contribution < -0.4 is 0 Å². The van der Waals surface area contributed by atoms with Crippen molar-refractivity contribution in [1.82, 2.24) is 0 Å². The molecule has 0 heterocycles. The summed E-state index contributed by atoms with van der Waals surface area (Å²) in [5, 5.41) is 0. The summed E-state index contributed by atoms with van der Waals surface area (Å²) in [6, 6.07) is 0. The van der Waals surface area contributed by atoms with Gasteiger partial charge in [-0.1, -0.05) is 0 Å². The second-order valence-corrected chi connectivity index (χ2v) is 1.63. The molecule has 0 radical (unpaired) electrons. The molecular formula is H9MnO7Sr. The molecule has 0 aliphatic heterocycles. The van der Waals surface area contributed by atoms with Gasteiger partial charge in [0.2, 0.25) is 0 Å². The normalized spacial score (nSPS) is 6.33. The molecular weight excluding hydrogens is 255 g/mol. The molecule has 7 nitrogen and oxygen atoms in total. The molecule has 0 aromatic heterocycles. The summed E-state index contributed by atoms with van der Waals surface area (Å²) in [4.78, 5) is 0. The average molecular weight is 264 g/mol. The topological polar surface area (TPSA) is 166 Å². The van der Waals surface area contributed by atoms with Crippen LogP contribution in [0.15, 0.2) is 0 Å². The van der Waals surface area contributed by atoms with E-state index in [-0.39, 0.29) is 64.8 Å². The summed E-state index contributed by atoms with van der Waals surface area (Å²) in [6.07, 6.45) is 0. The van der Waals surface area contributed by atoms with E-state index in [0.717, 1.165) is 0 Å². The molecule has 0 bridgehead atoms. The van der Waals surface area contributed by atoms with Crippen LogP contribution in [0.5, 0.6) is 0 Å². The monoisotopic (exact) mass is 264 g/mol. The van der Waals surface area contributed by atoms with Crippen LogP contribution in [0, 0.1) is 0 Å². The van der Waals surface area contributed by atoms with E-state index in [1.54, 1.807) is 0 Å². The van der Waals surface area contributed by atoms with Crippen LogP contribution in [-0.2, 0) is 24.5 Å². The summed E-state index contributed by atoms with van der Waals surface area (Å²) in [5.41, 5.74) is 0. The van der Waals surface area contributed by atoms with Crippen LogP contribution >= 0.6 is 0 Å². The summed E-state index contributed by atoms with van der Waals surface area (Å²) < 4.78 is 33.1. The van der Waals surface area contributed by atoms with Gasteiger partial charge < -0.3 is 19.3 Å². The smallest absolute Gasteiger partial charge is 2.00 e. The van der Waals surface area contributed by atoms with Crippen LogP contribution in [0.25, 0.3) is 0 Å². The number of rotatable bonds is 0. The molecule has 0 spiro atoms. The Morgan fingerprint density at radius 3 is 1.00 bits per heavy atom. The quantitative estimate of drug-likeness (QED) is 0.447. The van der Waals surface area contributed by atoms with Crippen molar-refractivity contribution in [3.63, 3.8) is 0 Å². The second kappa shape index (κ2) is 12.0. The third kappa shape index (κ3) is 315. The van der Waals surface area contributed by atoms with Crippen molar-refractivity contribution >= 4 is 45.5 Å². The first-order chi connectivity index (χ1) is 2.00. The molecule has 0 saturated carbocycles. The third-order valence-electron chi connectivity index (χ3n) is 0. The SMILES string of the molecule is O.O.O.[H-].[H-].[O]=[Mn](=[O])(=[O])[OH].[Sr+2]. The molecule has 7 N–H and O–H groups in total. The maximum atomic E-state index is 8.69. The zero-order valence-electron chi connectivity index (χ0n) is 6.26. The third-order valence-corrected chi connectivity index (χ3v) is 0. The molecule has 0 aromatic rings. The van der Waals surface area contributed by atoms with Gasteiger partial charge in [0.05, 0.1) is 0 Å². The van der Waals surface area contributed by atoms with Crippen molar-refractivity contribution in [1.29, 1.82) is 0 Å². The minimum Gasteiger partial charge on any atom is 2.00 e. The first-order valence-electron chi connectivity index (χ1n) is 0.632. The van der Waals surface area contributed by atoms with Gasteiger partial charge in [-0.25, -0.2) is 0 Å². The van der Waals surface area contributed by atoms with Crippen LogP contribution in [0.1, 0.15) is 2.85 Å². The van der Waals surface area contributed by atoms with Crippen molar-refractivity contribution < 1.29 is 47.9 Å². The van der Waals surface area contributed by atoms with Crippen LogP contribution in [0.3, 0.4) is 0 Å². The second-order valence-electron chi connectivity index (χ2n) is 0.396. The van der Waals surface area contributed by atoms with Crippen molar-refractivity contribution in [2.24, 2.45) is 0 Å². The van der Waals surface area contributed by atoms with E-state index in [0.29, 0.717) is 0 Å². The Morgan fingerprint density at radius 1 is 1.00 bits per heavy atom. The fraction of sp³-hybridized carbons (Fsp3) is 0. The van der Waals surface area contributed by atoms with Crippen molar-refractivity contribution in [3.05, 3.63) is 0 Å². The van der Waals surface area contributed by atoms with E-state index in [2.05, 4.69) is 0 Å². The maximum absolute atomic E-state index is 8.69. The molecule has 0 aromatic carbocycles. The minimum absolute atomic E-state index is 0. The first-order valence-corrected chi connectivity index (χ1v) is 2.61. The Balaban J connectivity index is -0.00000000533. The number of hydrogen-bond donors (Lipinski definition) is 1. The van der Waals surface area contributed by atoms with Gasteiger partial charge in [0.25, 0.3) is 0 Å². The van der Waals surface area contributed by atoms with Gasteiger partial charge in [-0.05, 0) is 0 Å². The molecule has 0 rings (SSSR count). The van der Waals surface area contributed by atoms with E-state index < -0.39 is 13.0 Å². The van der Waals surface area contributed by atoms with E-state index in [1.165, 1.54) is 0 Å². The molecule has 0 aliphatic carbocycles. The maximum Gasteiger partial charge on any atom is 2.00 e. The van der Waals surface area contributed by atoms with E-state index in [1.807, 2.05) is 0 Å². The van der Waals surface area contributed by atoms with E-state index in [4.69, 9.17) is 15.7 Å². The van der Waals surface area contributed by atoms with Crippen molar-refractivity contribution in [2.45, 2.75) is 0 Å². The summed E-state index contributed by atoms with van der Waals surface area (Å²) in [6.45, 7) is 0. The standard InChI is InChI=1S/Mn.4H2O.3O.Sr.2H/h;4*1H2;;;;;;/q+1;;;;;;;;+2;2*-1/p-1. The van der Waals surface area contributed by atoms with Crippen LogP contribution in [0.2, 0.25) is 0 Å². The Kier molecular flexibility index (Phi) is 42.3. The predicted molar refractivity (Wildman–Crippen MR) is 23.1 cm³/mol. The molecule has 0 atom stereocenters. The Labute approximate surface area is 92.4 Å². The summed E-state index contributed by atoms with van der Waals surface area (Å²) in [7, 11) is 0. The van der Waals surface area contributed by atoms with Gasteiger partial charge in [-0.3, -0.25) is 0 Å². The molecule has 0 saturated heterocycles. The zero-order valence-corrected chi connectivity index (χ0v) is 8.91. The molecule has 60 valence electrons. The van der Waals surface area contributed by atoms with E-state index >= 15 is 0 Å². The molecule has 9 heavy (non-hydrogen) atoms. The van der Waals surface area contributed by atoms with Crippen molar-refractivity contribution in [2.75, 3.05) is 0 Å². The van der Waals surface area contributed by atoms with Gasteiger partial charge in [0.15, 0.2) is 0 Å². The average Bonchev–Trinajstić information content (AvgIpc) is 0.722. The van der Waals surface area contributed by atoms with Gasteiger partial charge in [-0.2, -0.15) is 0 Å². The van der Waals surface area contributed by atoms with Crippen molar-refractivity contribution in [3.8, 4) is 0 Å². The Morgan fingerprint density at radius 2 is 1.00 bits per heavy atom. The van der Waals surface area contributed by atoms with E-state index in [9.17, 15) is 0 Å². The summed E-state index contributed by atoms with van der Waals surface area (Å²) >= 11 is -5.38. The number of hydrogen-bond acceptors (Lipinski definition) is 3. The van der Waals surface area contributed by atoms with Gasteiger partial charge in [0.1, 0.15) is 0 Å². The van der Waals surface area contributed by atoms with Crippen LogP contribution in [-0.4, -0.2) is 66.1 Å².